The maximum Gasteiger partial charge on any atom is 0.270 e. The third-order valence-electron chi connectivity index (χ3n) is 3.44. The molecule has 1 amide bonds. The number of thiazole rings is 1. The summed E-state index contributed by atoms with van der Waals surface area (Å²) in [5.74, 6) is 0.213. The molecule has 7 nitrogen and oxygen atoms in total. The van der Waals surface area contributed by atoms with Crippen LogP contribution in [0.15, 0.2) is 22.5 Å². The van der Waals surface area contributed by atoms with E-state index in [4.69, 9.17) is 4.74 Å². The van der Waals surface area contributed by atoms with Crippen molar-refractivity contribution in [2.45, 2.75) is 23.3 Å². The monoisotopic (exact) mass is 353 g/mol. The number of benzene rings is 1. The van der Waals surface area contributed by atoms with Crippen molar-refractivity contribution >= 4 is 44.9 Å². The molecule has 0 aliphatic carbocycles. The normalized spacial score (nSPS) is 17.5. The summed E-state index contributed by atoms with van der Waals surface area (Å²) in [6.45, 7) is 1.32. The second-order valence-electron chi connectivity index (χ2n) is 5.12. The summed E-state index contributed by atoms with van der Waals surface area (Å²) in [7, 11) is 0. The number of nitro benzene ring substituents is 1. The number of hydrogen-bond acceptors (Lipinski definition) is 7. The first-order chi connectivity index (χ1) is 11.1. The lowest BCUT2D eigenvalue weighted by molar-refractivity contribution is -0.384. The fourth-order valence-corrected chi connectivity index (χ4v) is 4.21. The number of nitrogens with zero attached hydrogens (tertiary/aromatic N) is 2. The van der Waals surface area contributed by atoms with Crippen LogP contribution in [-0.2, 0) is 9.53 Å². The maximum atomic E-state index is 11.8. The molecule has 0 spiro atoms. The number of carbonyl (C=O) groups excluding carboxylic acids is 1. The Morgan fingerprint density at radius 1 is 1.57 bits per heavy atom. The van der Waals surface area contributed by atoms with Gasteiger partial charge in [-0.15, -0.1) is 11.3 Å². The molecule has 1 N–H and O–H groups in total. The van der Waals surface area contributed by atoms with Crippen molar-refractivity contribution in [1.82, 2.24) is 10.3 Å². The van der Waals surface area contributed by atoms with E-state index in [-0.39, 0.29) is 23.5 Å². The molecule has 3 rings (SSSR count). The lowest BCUT2D eigenvalue weighted by atomic mass is 10.2. The van der Waals surface area contributed by atoms with Crippen LogP contribution in [0.3, 0.4) is 0 Å². The van der Waals surface area contributed by atoms with Crippen molar-refractivity contribution in [2.75, 3.05) is 18.9 Å². The molecule has 0 bridgehead atoms. The first kappa shape index (κ1) is 16.2. The smallest absolute Gasteiger partial charge is 0.270 e. The van der Waals surface area contributed by atoms with Crippen molar-refractivity contribution in [2.24, 2.45) is 0 Å². The zero-order valence-corrected chi connectivity index (χ0v) is 13.8. The van der Waals surface area contributed by atoms with E-state index in [1.165, 1.54) is 35.2 Å². The summed E-state index contributed by atoms with van der Waals surface area (Å²) in [4.78, 5) is 26.6. The number of rotatable bonds is 6. The Labute approximate surface area is 140 Å². The van der Waals surface area contributed by atoms with E-state index in [2.05, 4.69) is 10.3 Å². The van der Waals surface area contributed by atoms with E-state index in [1.54, 1.807) is 6.07 Å². The largest absolute Gasteiger partial charge is 0.376 e. The Balaban J connectivity index is 1.54. The zero-order chi connectivity index (χ0) is 16.2. The molecule has 1 saturated heterocycles. The zero-order valence-electron chi connectivity index (χ0n) is 12.2. The SMILES string of the molecule is O=C(CSc1nc2ccc([N+](=O)[O-])cc2s1)NC[C@H]1CCCO1. The van der Waals surface area contributed by atoms with Gasteiger partial charge < -0.3 is 10.1 Å². The molecule has 0 unspecified atom stereocenters. The number of amides is 1. The van der Waals surface area contributed by atoms with Gasteiger partial charge in [-0.3, -0.25) is 14.9 Å². The number of carbonyl (C=O) groups is 1. The second-order valence-corrected chi connectivity index (χ2v) is 7.37. The van der Waals surface area contributed by atoms with Gasteiger partial charge >= 0.3 is 0 Å². The molecule has 0 radical (unpaired) electrons. The van der Waals surface area contributed by atoms with Crippen molar-refractivity contribution in [3.63, 3.8) is 0 Å². The van der Waals surface area contributed by atoms with Gasteiger partial charge in [0.2, 0.25) is 5.91 Å². The van der Waals surface area contributed by atoms with Gasteiger partial charge in [0.05, 0.1) is 27.0 Å². The number of nitro groups is 1. The third kappa shape index (κ3) is 4.18. The number of non-ortho nitro benzene ring substituents is 1. The fraction of sp³-hybridized carbons (Fsp3) is 0.429. The first-order valence-electron chi connectivity index (χ1n) is 7.18. The minimum absolute atomic E-state index is 0.0482. The molecule has 1 atom stereocenters. The summed E-state index contributed by atoms with van der Waals surface area (Å²) in [5.41, 5.74) is 0.759. The summed E-state index contributed by atoms with van der Waals surface area (Å²) in [5, 5.41) is 13.6. The van der Waals surface area contributed by atoms with Crippen LogP contribution in [0.2, 0.25) is 0 Å². The molecule has 9 heteroatoms. The highest BCUT2D eigenvalue weighted by Crippen LogP contribution is 2.31. The minimum Gasteiger partial charge on any atom is -0.376 e. The fourth-order valence-electron chi connectivity index (χ4n) is 2.28. The predicted molar refractivity (Wildman–Crippen MR) is 89.0 cm³/mol. The van der Waals surface area contributed by atoms with E-state index in [0.29, 0.717) is 12.1 Å². The topological polar surface area (TPSA) is 94.4 Å². The van der Waals surface area contributed by atoms with Crippen molar-refractivity contribution < 1.29 is 14.5 Å². The van der Waals surface area contributed by atoms with Crippen LogP contribution >= 0.6 is 23.1 Å². The van der Waals surface area contributed by atoms with Gasteiger partial charge in [-0.05, 0) is 18.9 Å². The Morgan fingerprint density at radius 2 is 2.43 bits per heavy atom. The first-order valence-corrected chi connectivity index (χ1v) is 8.98. The number of thioether (sulfide) groups is 1. The van der Waals surface area contributed by atoms with Crippen molar-refractivity contribution in [3.8, 4) is 0 Å². The lowest BCUT2D eigenvalue weighted by Crippen LogP contribution is -2.32. The summed E-state index contributed by atoms with van der Waals surface area (Å²) < 4.78 is 6.93. The van der Waals surface area contributed by atoms with E-state index in [1.807, 2.05) is 0 Å². The molecule has 1 fully saturated rings. The third-order valence-corrected chi connectivity index (χ3v) is 5.60. The maximum absolute atomic E-state index is 11.8. The van der Waals surface area contributed by atoms with Gasteiger partial charge in [-0.25, -0.2) is 4.98 Å². The summed E-state index contributed by atoms with van der Waals surface area (Å²) in [6, 6.07) is 4.57. The Morgan fingerprint density at radius 3 is 3.17 bits per heavy atom. The second kappa shape index (κ2) is 7.24. The van der Waals surface area contributed by atoms with Gasteiger partial charge in [0.25, 0.3) is 5.69 Å². The van der Waals surface area contributed by atoms with E-state index < -0.39 is 4.92 Å². The van der Waals surface area contributed by atoms with Crippen LogP contribution in [0.1, 0.15) is 12.8 Å². The van der Waals surface area contributed by atoms with E-state index >= 15 is 0 Å². The van der Waals surface area contributed by atoms with Crippen LogP contribution in [0.5, 0.6) is 0 Å². The van der Waals surface area contributed by atoms with E-state index in [9.17, 15) is 14.9 Å². The predicted octanol–water partition coefficient (Wildman–Crippen LogP) is 2.59. The molecule has 2 heterocycles. The Bertz CT molecular complexity index is 728. The highest BCUT2D eigenvalue weighted by molar-refractivity contribution is 8.01. The molecule has 1 aromatic heterocycles. The average molecular weight is 353 g/mol. The van der Waals surface area contributed by atoms with Gasteiger partial charge in [-0.1, -0.05) is 11.8 Å². The number of nitrogens with one attached hydrogen (secondary N) is 1. The molecule has 1 aliphatic heterocycles. The van der Waals surface area contributed by atoms with Gasteiger partial charge in [-0.2, -0.15) is 0 Å². The van der Waals surface area contributed by atoms with Crippen LogP contribution in [0.4, 0.5) is 5.69 Å². The molecule has 0 saturated carbocycles. The van der Waals surface area contributed by atoms with Crippen LogP contribution in [0, 0.1) is 10.1 Å². The van der Waals surface area contributed by atoms with Gasteiger partial charge in [0, 0.05) is 25.3 Å². The average Bonchev–Trinajstić information content (AvgIpc) is 3.18. The molecule has 2 aromatic rings. The van der Waals surface area contributed by atoms with Gasteiger partial charge in [0.1, 0.15) is 0 Å². The lowest BCUT2D eigenvalue weighted by Gasteiger charge is -2.09. The Kier molecular flexibility index (Phi) is 5.09. The van der Waals surface area contributed by atoms with Crippen molar-refractivity contribution in [3.05, 3.63) is 28.3 Å². The number of fused-ring (bicyclic) bond motifs is 1. The van der Waals surface area contributed by atoms with E-state index in [0.717, 1.165) is 28.5 Å². The molecular formula is C14H15N3O4S2. The molecule has 122 valence electrons. The number of hydrogen-bond donors (Lipinski definition) is 1. The summed E-state index contributed by atoms with van der Waals surface area (Å²) >= 11 is 2.69. The van der Waals surface area contributed by atoms with Crippen molar-refractivity contribution in [1.29, 1.82) is 0 Å². The highest BCUT2D eigenvalue weighted by atomic mass is 32.2. The Hall–Kier alpha value is -1.71. The van der Waals surface area contributed by atoms with Gasteiger partial charge in [0.15, 0.2) is 4.34 Å². The number of aromatic nitrogens is 1. The quantitative estimate of drug-likeness (QED) is 0.487. The standard InChI is InChI=1S/C14H15N3O4S2/c18-13(15-7-10-2-1-5-21-10)8-22-14-16-11-4-3-9(17(19)20)6-12(11)23-14/h3-4,6,10H,1-2,5,7-8H2,(H,15,18)/t10-/m1/s1. The number of ether oxygens (including phenoxy) is 1. The summed E-state index contributed by atoms with van der Waals surface area (Å²) in [6.07, 6.45) is 2.17. The van der Waals surface area contributed by atoms with Crippen LogP contribution in [0.25, 0.3) is 10.2 Å². The minimum atomic E-state index is -0.426. The molecule has 23 heavy (non-hydrogen) atoms. The molecule has 1 aliphatic rings. The molecule has 1 aromatic carbocycles. The molecular weight excluding hydrogens is 338 g/mol. The van der Waals surface area contributed by atoms with Crippen LogP contribution in [-0.4, -0.2) is 40.8 Å². The van der Waals surface area contributed by atoms with Crippen LogP contribution < -0.4 is 5.32 Å². The highest BCUT2D eigenvalue weighted by Gasteiger charge is 2.16.